The van der Waals surface area contributed by atoms with Crippen LogP contribution >= 0.6 is 0 Å². The topological polar surface area (TPSA) is 46.6 Å². The Labute approximate surface area is 121 Å². The third-order valence-electron chi connectivity index (χ3n) is 4.72. The third-order valence-corrected chi connectivity index (χ3v) is 4.72. The fourth-order valence-corrected chi connectivity index (χ4v) is 3.40. The lowest BCUT2D eigenvalue weighted by Crippen LogP contribution is -2.45. The minimum Gasteiger partial charge on any atom is -0.466 e. The van der Waals surface area contributed by atoms with Crippen molar-refractivity contribution in [2.75, 3.05) is 19.7 Å². The minimum absolute atomic E-state index is 0.116. The number of rotatable bonds is 3. The van der Waals surface area contributed by atoms with Gasteiger partial charge >= 0.3 is 5.97 Å². The fourth-order valence-electron chi connectivity index (χ4n) is 3.40. The largest absolute Gasteiger partial charge is 0.466 e. The van der Waals surface area contributed by atoms with Crippen LogP contribution in [0.1, 0.15) is 52.4 Å². The Hall–Kier alpha value is -1.06. The zero-order chi connectivity index (χ0) is 14.5. The predicted octanol–water partition coefficient (Wildman–Crippen LogP) is 2.61. The van der Waals surface area contributed by atoms with Crippen LogP contribution in [0.4, 0.5) is 0 Å². The summed E-state index contributed by atoms with van der Waals surface area (Å²) in [5.41, 5.74) is 0. The summed E-state index contributed by atoms with van der Waals surface area (Å²) in [6, 6.07) is 0. The van der Waals surface area contributed by atoms with Crippen LogP contribution in [-0.4, -0.2) is 36.5 Å². The molecule has 2 fully saturated rings. The molecule has 2 aliphatic rings. The number of hydrogen-bond acceptors (Lipinski definition) is 3. The number of carbonyl (C=O) groups excluding carboxylic acids is 2. The summed E-state index contributed by atoms with van der Waals surface area (Å²) in [6.45, 7) is 5.87. The molecule has 0 aromatic heterocycles. The van der Waals surface area contributed by atoms with Crippen LogP contribution in [0.15, 0.2) is 0 Å². The third kappa shape index (κ3) is 3.74. The van der Waals surface area contributed by atoms with Crippen LogP contribution in [-0.2, 0) is 14.3 Å². The Morgan fingerprint density at radius 3 is 2.45 bits per heavy atom. The van der Waals surface area contributed by atoms with Gasteiger partial charge in [0.1, 0.15) is 0 Å². The van der Waals surface area contributed by atoms with Crippen LogP contribution in [0, 0.1) is 17.8 Å². The fraction of sp³-hybridized carbons (Fsp3) is 0.875. The van der Waals surface area contributed by atoms with Crippen molar-refractivity contribution in [2.45, 2.75) is 52.4 Å². The molecule has 0 unspecified atom stereocenters. The van der Waals surface area contributed by atoms with Gasteiger partial charge in [-0.15, -0.1) is 0 Å². The second-order valence-corrected chi connectivity index (χ2v) is 6.33. The lowest BCUT2D eigenvalue weighted by molar-refractivity contribution is -0.152. The molecule has 0 radical (unpaired) electrons. The molecule has 0 bridgehead atoms. The van der Waals surface area contributed by atoms with Crippen molar-refractivity contribution in [1.82, 2.24) is 4.90 Å². The normalized spacial score (nSPS) is 30.9. The van der Waals surface area contributed by atoms with Crippen molar-refractivity contribution in [1.29, 1.82) is 0 Å². The van der Waals surface area contributed by atoms with E-state index in [1.807, 2.05) is 11.8 Å². The van der Waals surface area contributed by atoms with Crippen molar-refractivity contribution < 1.29 is 14.3 Å². The number of likely N-dealkylation sites (tertiary alicyclic amines) is 1. The van der Waals surface area contributed by atoms with E-state index < -0.39 is 0 Å². The van der Waals surface area contributed by atoms with E-state index in [1.165, 1.54) is 0 Å². The molecule has 0 aromatic carbocycles. The van der Waals surface area contributed by atoms with E-state index >= 15 is 0 Å². The highest BCUT2D eigenvalue weighted by Gasteiger charge is 2.33. The van der Waals surface area contributed by atoms with Gasteiger partial charge in [0, 0.05) is 19.0 Å². The van der Waals surface area contributed by atoms with E-state index in [9.17, 15) is 9.59 Å². The summed E-state index contributed by atoms with van der Waals surface area (Å²) >= 11 is 0. The summed E-state index contributed by atoms with van der Waals surface area (Å²) < 4.78 is 5.09. The molecule has 1 heterocycles. The van der Waals surface area contributed by atoms with Gasteiger partial charge in [-0.3, -0.25) is 9.59 Å². The zero-order valence-electron chi connectivity index (χ0n) is 12.8. The molecule has 4 nitrogen and oxygen atoms in total. The molecule has 20 heavy (non-hydrogen) atoms. The second kappa shape index (κ2) is 7.09. The molecule has 2 rings (SSSR count). The first-order valence-corrected chi connectivity index (χ1v) is 8.07. The Kier molecular flexibility index (Phi) is 5.44. The van der Waals surface area contributed by atoms with Gasteiger partial charge in [-0.05, 0) is 51.4 Å². The van der Waals surface area contributed by atoms with E-state index in [-0.39, 0.29) is 23.7 Å². The van der Waals surface area contributed by atoms with Crippen molar-refractivity contribution in [2.24, 2.45) is 17.8 Å². The van der Waals surface area contributed by atoms with Crippen molar-refractivity contribution in [3.05, 3.63) is 0 Å². The molecule has 1 aliphatic carbocycles. The first-order chi connectivity index (χ1) is 9.61. The Balaban J connectivity index is 1.88. The van der Waals surface area contributed by atoms with Crippen LogP contribution in [0.2, 0.25) is 0 Å². The molecule has 1 atom stereocenters. The van der Waals surface area contributed by atoms with Gasteiger partial charge in [0.05, 0.1) is 12.5 Å². The quantitative estimate of drug-likeness (QED) is 0.747. The summed E-state index contributed by atoms with van der Waals surface area (Å²) in [4.78, 5) is 26.3. The van der Waals surface area contributed by atoms with E-state index in [0.29, 0.717) is 13.2 Å². The molecular weight excluding hydrogens is 254 g/mol. The SMILES string of the molecule is CCOC(=O)[C@H]1CCCN(C(=O)C2CCC(C)CC2)C1. The highest BCUT2D eigenvalue weighted by molar-refractivity contribution is 5.80. The molecular formula is C16H27NO3. The van der Waals surface area contributed by atoms with Crippen LogP contribution in [0.3, 0.4) is 0 Å². The highest BCUT2D eigenvalue weighted by Crippen LogP contribution is 2.30. The standard InChI is InChI=1S/C16H27NO3/c1-3-20-16(19)14-5-4-10-17(11-14)15(18)13-8-6-12(2)7-9-13/h12-14H,3-11H2,1-2H3/t12?,13?,14-/m0/s1. The van der Waals surface area contributed by atoms with Crippen molar-refractivity contribution >= 4 is 11.9 Å². The molecule has 1 saturated heterocycles. The van der Waals surface area contributed by atoms with E-state index in [4.69, 9.17) is 4.74 Å². The maximum absolute atomic E-state index is 12.6. The van der Waals surface area contributed by atoms with Gasteiger partial charge in [-0.25, -0.2) is 0 Å². The van der Waals surface area contributed by atoms with Gasteiger partial charge in [0.25, 0.3) is 0 Å². The smallest absolute Gasteiger partial charge is 0.310 e. The van der Waals surface area contributed by atoms with Crippen LogP contribution in [0.25, 0.3) is 0 Å². The van der Waals surface area contributed by atoms with E-state index in [1.54, 1.807) is 0 Å². The van der Waals surface area contributed by atoms with Crippen molar-refractivity contribution in [3.8, 4) is 0 Å². The first kappa shape index (κ1) is 15.3. The summed E-state index contributed by atoms with van der Waals surface area (Å²) in [7, 11) is 0. The molecule has 4 heteroatoms. The van der Waals surface area contributed by atoms with Gasteiger partial charge < -0.3 is 9.64 Å². The Morgan fingerprint density at radius 2 is 1.80 bits per heavy atom. The molecule has 114 valence electrons. The summed E-state index contributed by atoms with van der Waals surface area (Å²) in [5, 5.41) is 0. The van der Waals surface area contributed by atoms with E-state index in [0.717, 1.165) is 51.0 Å². The number of ether oxygens (including phenoxy) is 1. The lowest BCUT2D eigenvalue weighted by atomic mass is 9.82. The van der Waals surface area contributed by atoms with Gasteiger partial charge in [-0.2, -0.15) is 0 Å². The number of esters is 1. The number of carbonyl (C=O) groups is 2. The molecule has 0 aromatic rings. The second-order valence-electron chi connectivity index (χ2n) is 6.33. The molecule has 0 spiro atoms. The molecule has 1 amide bonds. The summed E-state index contributed by atoms with van der Waals surface area (Å²) in [5.74, 6) is 0.961. The monoisotopic (exact) mass is 281 g/mol. The first-order valence-electron chi connectivity index (χ1n) is 8.07. The van der Waals surface area contributed by atoms with Gasteiger partial charge in [0.2, 0.25) is 5.91 Å². The Bertz CT molecular complexity index is 348. The molecule has 1 saturated carbocycles. The predicted molar refractivity (Wildman–Crippen MR) is 77.1 cm³/mol. The zero-order valence-corrected chi connectivity index (χ0v) is 12.8. The maximum atomic E-state index is 12.6. The number of piperidine rings is 1. The number of nitrogens with zero attached hydrogens (tertiary/aromatic N) is 1. The molecule has 0 N–H and O–H groups in total. The number of hydrogen-bond donors (Lipinski definition) is 0. The number of amides is 1. The summed E-state index contributed by atoms with van der Waals surface area (Å²) in [6.07, 6.45) is 6.11. The molecule has 1 aliphatic heterocycles. The van der Waals surface area contributed by atoms with E-state index in [2.05, 4.69) is 6.92 Å². The van der Waals surface area contributed by atoms with Crippen molar-refractivity contribution in [3.63, 3.8) is 0 Å². The van der Waals surface area contributed by atoms with Gasteiger partial charge in [-0.1, -0.05) is 6.92 Å². The Morgan fingerprint density at radius 1 is 1.10 bits per heavy atom. The average Bonchev–Trinajstić information content (AvgIpc) is 2.48. The minimum atomic E-state index is -0.137. The van der Waals surface area contributed by atoms with Gasteiger partial charge in [0.15, 0.2) is 0 Å². The van der Waals surface area contributed by atoms with Crippen LogP contribution < -0.4 is 0 Å². The average molecular weight is 281 g/mol. The maximum Gasteiger partial charge on any atom is 0.310 e. The van der Waals surface area contributed by atoms with Crippen LogP contribution in [0.5, 0.6) is 0 Å². The lowest BCUT2D eigenvalue weighted by Gasteiger charge is -2.35. The highest BCUT2D eigenvalue weighted by atomic mass is 16.5.